The zero-order valence-electron chi connectivity index (χ0n) is 13.1. The lowest BCUT2D eigenvalue weighted by Gasteiger charge is -2.32. The number of likely N-dealkylation sites (tertiary alicyclic amines) is 1. The number of hydrogen-bond acceptors (Lipinski definition) is 3. The smallest absolute Gasteiger partial charge is 0.226 e. The van der Waals surface area contributed by atoms with Crippen LogP contribution in [0.3, 0.4) is 0 Å². The summed E-state index contributed by atoms with van der Waals surface area (Å²) in [6.45, 7) is 1.46. The summed E-state index contributed by atoms with van der Waals surface area (Å²) in [5, 5.41) is 3.05. The predicted molar refractivity (Wildman–Crippen MR) is 87.9 cm³/mol. The normalized spacial score (nSPS) is 26.4. The third kappa shape index (κ3) is 2.95. The summed E-state index contributed by atoms with van der Waals surface area (Å²) in [5.41, 5.74) is 0.461. The number of carbonyl (C=O) groups is 1. The van der Waals surface area contributed by atoms with E-state index in [0.29, 0.717) is 24.4 Å². The highest BCUT2D eigenvalue weighted by atomic mass is 32.1. The van der Waals surface area contributed by atoms with E-state index in [-0.39, 0.29) is 17.7 Å². The Hall–Kier alpha value is -1.82. The van der Waals surface area contributed by atoms with Gasteiger partial charge < -0.3 is 4.90 Å². The predicted octanol–water partition coefficient (Wildman–Crippen LogP) is 3.93. The monoisotopic (exact) mass is 348 g/mol. The zero-order chi connectivity index (χ0) is 16.7. The molecule has 1 aromatic heterocycles. The fraction of sp³-hybridized carbons (Fsp3) is 0.444. The SMILES string of the molecule is O=C(C1CC1c1ccc(F)cc1F)N1CCCC(c2nccs2)C1. The highest BCUT2D eigenvalue weighted by molar-refractivity contribution is 7.09. The Bertz CT molecular complexity index is 749. The topological polar surface area (TPSA) is 33.2 Å². The fourth-order valence-electron chi connectivity index (χ4n) is 3.66. The molecule has 4 rings (SSSR count). The van der Waals surface area contributed by atoms with Crippen LogP contribution in [0.25, 0.3) is 0 Å². The quantitative estimate of drug-likeness (QED) is 0.842. The van der Waals surface area contributed by atoms with E-state index in [4.69, 9.17) is 0 Å². The first-order valence-electron chi connectivity index (χ1n) is 8.26. The van der Waals surface area contributed by atoms with Gasteiger partial charge in [0.25, 0.3) is 0 Å². The summed E-state index contributed by atoms with van der Waals surface area (Å²) in [6.07, 6.45) is 4.48. The molecule has 2 aliphatic rings. The van der Waals surface area contributed by atoms with Gasteiger partial charge in [-0.3, -0.25) is 4.79 Å². The van der Waals surface area contributed by atoms with Crippen LogP contribution < -0.4 is 0 Å². The average Bonchev–Trinajstić information content (AvgIpc) is 3.17. The number of rotatable bonds is 3. The first kappa shape index (κ1) is 15.7. The molecule has 6 heteroatoms. The van der Waals surface area contributed by atoms with Crippen LogP contribution in [0.2, 0.25) is 0 Å². The van der Waals surface area contributed by atoms with E-state index in [1.807, 2.05) is 10.3 Å². The summed E-state index contributed by atoms with van der Waals surface area (Å²) in [5.74, 6) is -0.998. The molecule has 0 bridgehead atoms. The Labute approximate surface area is 143 Å². The van der Waals surface area contributed by atoms with Crippen LogP contribution in [-0.2, 0) is 4.79 Å². The molecule has 2 aromatic rings. The molecular formula is C18H18F2N2OS. The summed E-state index contributed by atoms with van der Waals surface area (Å²) in [7, 11) is 0. The number of aromatic nitrogens is 1. The Morgan fingerprint density at radius 2 is 2.21 bits per heavy atom. The third-order valence-corrected chi connectivity index (χ3v) is 5.94. The molecule has 1 aliphatic carbocycles. The van der Waals surface area contributed by atoms with Gasteiger partial charge in [0.15, 0.2) is 0 Å². The van der Waals surface area contributed by atoms with E-state index in [1.165, 1.54) is 12.1 Å². The minimum atomic E-state index is -0.581. The summed E-state index contributed by atoms with van der Waals surface area (Å²) < 4.78 is 26.9. The van der Waals surface area contributed by atoms with E-state index in [0.717, 1.165) is 30.5 Å². The van der Waals surface area contributed by atoms with Gasteiger partial charge in [-0.2, -0.15) is 0 Å². The van der Waals surface area contributed by atoms with Gasteiger partial charge in [0.2, 0.25) is 5.91 Å². The molecular weight excluding hydrogens is 330 g/mol. The zero-order valence-corrected chi connectivity index (χ0v) is 13.9. The molecule has 3 unspecified atom stereocenters. The molecule has 126 valence electrons. The van der Waals surface area contributed by atoms with Crippen LogP contribution in [0.15, 0.2) is 29.8 Å². The van der Waals surface area contributed by atoms with Crippen molar-refractivity contribution in [2.75, 3.05) is 13.1 Å². The Kier molecular flexibility index (Phi) is 4.08. The third-order valence-electron chi connectivity index (χ3n) is 5.00. The molecule has 0 radical (unpaired) electrons. The summed E-state index contributed by atoms with van der Waals surface area (Å²) in [6, 6.07) is 3.63. The van der Waals surface area contributed by atoms with Gasteiger partial charge in [-0.1, -0.05) is 6.07 Å². The molecule has 0 N–H and O–H groups in total. The number of piperidine rings is 1. The highest BCUT2D eigenvalue weighted by Gasteiger charge is 2.47. The van der Waals surface area contributed by atoms with E-state index in [9.17, 15) is 13.6 Å². The number of carbonyl (C=O) groups excluding carboxylic acids is 1. The number of thiazole rings is 1. The van der Waals surface area contributed by atoms with Crippen molar-refractivity contribution in [3.8, 4) is 0 Å². The molecule has 1 aliphatic heterocycles. The minimum absolute atomic E-state index is 0.102. The number of amides is 1. The maximum Gasteiger partial charge on any atom is 0.226 e. The van der Waals surface area contributed by atoms with Crippen molar-refractivity contribution in [1.82, 2.24) is 9.88 Å². The van der Waals surface area contributed by atoms with E-state index >= 15 is 0 Å². The largest absolute Gasteiger partial charge is 0.342 e. The second-order valence-electron chi connectivity index (χ2n) is 6.61. The first-order valence-corrected chi connectivity index (χ1v) is 9.14. The molecule has 1 saturated heterocycles. The highest BCUT2D eigenvalue weighted by Crippen LogP contribution is 2.49. The fourth-order valence-corrected chi connectivity index (χ4v) is 4.43. The molecule has 3 atom stereocenters. The molecule has 3 nitrogen and oxygen atoms in total. The van der Waals surface area contributed by atoms with Crippen LogP contribution in [-0.4, -0.2) is 28.9 Å². The van der Waals surface area contributed by atoms with Crippen molar-refractivity contribution >= 4 is 17.2 Å². The lowest BCUT2D eigenvalue weighted by Crippen LogP contribution is -2.40. The van der Waals surface area contributed by atoms with Crippen LogP contribution in [0.4, 0.5) is 8.78 Å². The second kappa shape index (κ2) is 6.24. The molecule has 2 fully saturated rings. The number of nitrogens with zero attached hydrogens (tertiary/aromatic N) is 2. The second-order valence-corrected chi connectivity index (χ2v) is 7.53. The minimum Gasteiger partial charge on any atom is -0.342 e. The van der Waals surface area contributed by atoms with Gasteiger partial charge >= 0.3 is 0 Å². The van der Waals surface area contributed by atoms with Crippen molar-refractivity contribution in [1.29, 1.82) is 0 Å². The number of halogens is 2. The van der Waals surface area contributed by atoms with Gasteiger partial charge in [0, 0.05) is 42.6 Å². The molecule has 1 amide bonds. The van der Waals surface area contributed by atoms with Crippen LogP contribution >= 0.6 is 11.3 Å². The number of benzene rings is 1. The van der Waals surface area contributed by atoms with Crippen LogP contribution in [0, 0.1) is 17.6 Å². The van der Waals surface area contributed by atoms with Crippen molar-refractivity contribution in [2.24, 2.45) is 5.92 Å². The number of hydrogen-bond donors (Lipinski definition) is 0. The van der Waals surface area contributed by atoms with E-state index < -0.39 is 11.6 Å². The van der Waals surface area contributed by atoms with Gasteiger partial charge in [-0.05, 0) is 36.8 Å². The average molecular weight is 348 g/mol. The van der Waals surface area contributed by atoms with Crippen LogP contribution in [0.5, 0.6) is 0 Å². The van der Waals surface area contributed by atoms with E-state index in [2.05, 4.69) is 4.98 Å². The Morgan fingerprint density at radius 3 is 2.96 bits per heavy atom. The van der Waals surface area contributed by atoms with Crippen molar-refractivity contribution in [2.45, 2.75) is 31.1 Å². The first-order chi connectivity index (χ1) is 11.6. The lowest BCUT2D eigenvalue weighted by atomic mass is 9.98. The summed E-state index contributed by atoms with van der Waals surface area (Å²) >= 11 is 1.63. The Balaban J connectivity index is 1.43. The molecule has 2 heterocycles. The van der Waals surface area contributed by atoms with E-state index in [1.54, 1.807) is 17.5 Å². The van der Waals surface area contributed by atoms with Crippen molar-refractivity contribution in [3.05, 3.63) is 52.0 Å². The molecule has 0 spiro atoms. The maximum absolute atomic E-state index is 13.9. The lowest BCUT2D eigenvalue weighted by molar-refractivity contribution is -0.133. The van der Waals surface area contributed by atoms with Crippen LogP contribution in [0.1, 0.15) is 41.7 Å². The van der Waals surface area contributed by atoms with Gasteiger partial charge in [-0.15, -0.1) is 11.3 Å². The summed E-state index contributed by atoms with van der Waals surface area (Å²) in [4.78, 5) is 19.0. The van der Waals surface area contributed by atoms with Crippen molar-refractivity contribution < 1.29 is 13.6 Å². The molecule has 1 aromatic carbocycles. The Morgan fingerprint density at radius 1 is 1.33 bits per heavy atom. The van der Waals surface area contributed by atoms with Gasteiger partial charge in [0.1, 0.15) is 11.6 Å². The standard InChI is InChI=1S/C18H18F2N2OS/c19-12-3-4-13(16(20)8-12)14-9-15(14)18(23)22-6-1-2-11(10-22)17-21-5-7-24-17/h3-5,7-8,11,14-15H,1-2,6,9-10H2. The molecule has 1 saturated carbocycles. The van der Waals surface area contributed by atoms with Crippen molar-refractivity contribution in [3.63, 3.8) is 0 Å². The van der Waals surface area contributed by atoms with Gasteiger partial charge in [-0.25, -0.2) is 13.8 Å². The maximum atomic E-state index is 13.9. The molecule has 24 heavy (non-hydrogen) atoms. The van der Waals surface area contributed by atoms with Gasteiger partial charge in [0.05, 0.1) is 5.01 Å².